The number of halogens is 2. The molecule has 0 heterocycles. The van der Waals surface area contributed by atoms with E-state index in [1.54, 1.807) is 14.2 Å². The Morgan fingerprint density at radius 1 is 1.27 bits per heavy atom. The van der Waals surface area contributed by atoms with Crippen LogP contribution in [0.3, 0.4) is 0 Å². The normalized spacial score (nSPS) is 13.2. The van der Waals surface area contributed by atoms with Crippen LogP contribution in [0.2, 0.25) is 0 Å². The summed E-state index contributed by atoms with van der Waals surface area (Å²) < 4.78 is 11.4. The van der Waals surface area contributed by atoms with Gasteiger partial charge < -0.3 is 20.1 Å². The average Bonchev–Trinajstić information content (AvgIpc) is 3.29. The lowest BCUT2D eigenvalue weighted by Gasteiger charge is -2.12. The molecule has 2 rings (SSSR count). The van der Waals surface area contributed by atoms with Gasteiger partial charge in [-0.15, -0.1) is 12.4 Å². The molecule has 1 aliphatic rings. The topological polar surface area (TPSA) is 59.6 Å². The van der Waals surface area contributed by atoms with Crippen molar-refractivity contribution in [3.63, 3.8) is 0 Å². The Kier molecular flexibility index (Phi) is 8.00. The van der Waals surface area contributed by atoms with Crippen LogP contribution in [0.25, 0.3) is 0 Å². The molecule has 2 N–H and O–H groups in total. The second-order valence-electron chi connectivity index (χ2n) is 5.15. The van der Waals surface area contributed by atoms with E-state index < -0.39 is 0 Å². The van der Waals surface area contributed by atoms with Gasteiger partial charge in [0.1, 0.15) is 0 Å². The van der Waals surface area contributed by atoms with E-state index in [0.29, 0.717) is 24.6 Å². The van der Waals surface area contributed by atoms with Crippen molar-refractivity contribution in [3.8, 4) is 11.5 Å². The average molecular weight is 394 g/mol. The van der Waals surface area contributed by atoms with Crippen molar-refractivity contribution < 1.29 is 14.3 Å². The summed E-state index contributed by atoms with van der Waals surface area (Å²) in [4.78, 5) is 11.8. The molecule has 1 aromatic rings. The molecule has 0 spiro atoms. The maximum atomic E-state index is 11.8. The predicted octanol–water partition coefficient (Wildman–Crippen LogP) is 2.50. The van der Waals surface area contributed by atoms with Gasteiger partial charge in [-0.05, 0) is 43.0 Å². The fourth-order valence-electron chi connectivity index (χ4n) is 2.00. The maximum Gasteiger partial charge on any atom is 0.234 e. The highest BCUT2D eigenvalue weighted by Crippen LogP contribution is 2.33. The summed E-state index contributed by atoms with van der Waals surface area (Å²) in [5, 5.41) is 6.07. The number of methoxy groups -OCH3 is 2. The number of carbonyl (C=O) groups is 1. The van der Waals surface area contributed by atoms with E-state index in [1.807, 2.05) is 12.1 Å². The number of hydrogen-bond donors (Lipinski definition) is 2. The Morgan fingerprint density at radius 2 is 1.91 bits per heavy atom. The van der Waals surface area contributed by atoms with E-state index in [4.69, 9.17) is 9.47 Å². The van der Waals surface area contributed by atoms with Gasteiger partial charge in [0.25, 0.3) is 0 Å². The van der Waals surface area contributed by atoms with Gasteiger partial charge in [-0.3, -0.25) is 4.79 Å². The second kappa shape index (κ2) is 9.22. The smallest absolute Gasteiger partial charge is 0.234 e. The highest BCUT2D eigenvalue weighted by atomic mass is 79.9. The molecule has 22 heavy (non-hydrogen) atoms. The number of carbonyl (C=O) groups excluding carboxylic acids is 1. The van der Waals surface area contributed by atoms with Gasteiger partial charge in [-0.2, -0.15) is 0 Å². The highest BCUT2D eigenvalue weighted by Gasteiger charge is 2.20. The van der Waals surface area contributed by atoms with Crippen molar-refractivity contribution in [2.75, 3.05) is 27.3 Å². The lowest BCUT2D eigenvalue weighted by molar-refractivity contribution is -0.120. The summed E-state index contributed by atoms with van der Waals surface area (Å²) in [6, 6.07) is 3.70. The molecule has 1 aliphatic carbocycles. The molecule has 1 fully saturated rings. The van der Waals surface area contributed by atoms with Crippen molar-refractivity contribution in [1.82, 2.24) is 10.6 Å². The van der Waals surface area contributed by atoms with Crippen LogP contribution in [0.1, 0.15) is 18.4 Å². The van der Waals surface area contributed by atoms with Crippen molar-refractivity contribution in [2.24, 2.45) is 5.92 Å². The summed E-state index contributed by atoms with van der Waals surface area (Å²) in [5.74, 6) is 2.08. The quantitative estimate of drug-likeness (QED) is 0.712. The highest BCUT2D eigenvalue weighted by molar-refractivity contribution is 9.10. The molecule has 7 heteroatoms. The van der Waals surface area contributed by atoms with E-state index in [2.05, 4.69) is 26.6 Å². The minimum absolute atomic E-state index is 0. The van der Waals surface area contributed by atoms with E-state index in [9.17, 15) is 4.79 Å². The standard InChI is InChI=1S/C15H21BrN2O3.ClH/c1-20-13-5-11(12(16)6-14(13)21-2)8-18-15(19)9-17-7-10-3-4-10;/h5-6,10,17H,3-4,7-9H2,1-2H3,(H,18,19);1H. The van der Waals surface area contributed by atoms with E-state index in [0.717, 1.165) is 22.5 Å². The largest absolute Gasteiger partial charge is 0.493 e. The summed E-state index contributed by atoms with van der Waals surface area (Å²) in [6.07, 6.45) is 2.57. The number of rotatable bonds is 8. The van der Waals surface area contributed by atoms with Crippen LogP contribution in [-0.4, -0.2) is 33.2 Å². The summed E-state index contributed by atoms with van der Waals surface area (Å²) in [7, 11) is 3.19. The van der Waals surface area contributed by atoms with Gasteiger partial charge in [0, 0.05) is 11.0 Å². The first-order valence-corrected chi connectivity index (χ1v) is 7.81. The molecule has 0 aliphatic heterocycles. The zero-order valence-electron chi connectivity index (χ0n) is 12.8. The lowest BCUT2D eigenvalue weighted by atomic mass is 10.2. The summed E-state index contributed by atoms with van der Waals surface area (Å²) >= 11 is 3.48. The Bertz CT molecular complexity index is 510. The molecule has 0 aromatic heterocycles. The monoisotopic (exact) mass is 392 g/mol. The molecule has 124 valence electrons. The molecule has 1 saturated carbocycles. The third kappa shape index (κ3) is 5.66. The van der Waals surface area contributed by atoms with Crippen LogP contribution in [0.5, 0.6) is 11.5 Å². The molecule has 5 nitrogen and oxygen atoms in total. The molecule has 1 aromatic carbocycles. The van der Waals surface area contributed by atoms with Crippen molar-refractivity contribution in [1.29, 1.82) is 0 Å². The predicted molar refractivity (Wildman–Crippen MR) is 91.9 cm³/mol. The number of ether oxygens (including phenoxy) is 2. The van der Waals surface area contributed by atoms with Gasteiger partial charge in [0.05, 0.1) is 20.8 Å². The van der Waals surface area contributed by atoms with Crippen molar-refractivity contribution in [2.45, 2.75) is 19.4 Å². The third-order valence-corrected chi connectivity index (χ3v) is 4.18. The van der Waals surface area contributed by atoms with E-state index >= 15 is 0 Å². The molecule has 0 atom stereocenters. The Hall–Kier alpha value is -0.980. The summed E-state index contributed by atoms with van der Waals surface area (Å²) in [5.41, 5.74) is 0.947. The van der Waals surface area contributed by atoms with Crippen LogP contribution >= 0.6 is 28.3 Å². The minimum Gasteiger partial charge on any atom is -0.493 e. The van der Waals surface area contributed by atoms with Crippen molar-refractivity contribution >= 4 is 34.2 Å². The van der Waals surface area contributed by atoms with E-state index in [-0.39, 0.29) is 18.3 Å². The van der Waals surface area contributed by atoms with Crippen LogP contribution in [-0.2, 0) is 11.3 Å². The zero-order chi connectivity index (χ0) is 15.2. The fourth-order valence-corrected chi connectivity index (χ4v) is 2.46. The lowest BCUT2D eigenvalue weighted by Crippen LogP contribution is -2.34. The first-order chi connectivity index (χ1) is 10.1. The molecule has 0 unspecified atom stereocenters. The Balaban J connectivity index is 0.00000242. The Labute approximate surface area is 145 Å². The fraction of sp³-hybridized carbons (Fsp3) is 0.533. The van der Waals surface area contributed by atoms with Crippen LogP contribution < -0.4 is 20.1 Å². The first-order valence-electron chi connectivity index (χ1n) is 7.02. The molecule has 0 bridgehead atoms. The van der Waals surface area contributed by atoms with Gasteiger partial charge >= 0.3 is 0 Å². The second-order valence-corrected chi connectivity index (χ2v) is 6.00. The maximum absolute atomic E-state index is 11.8. The Morgan fingerprint density at radius 3 is 2.50 bits per heavy atom. The van der Waals surface area contributed by atoms with Gasteiger partial charge in [-0.1, -0.05) is 15.9 Å². The molecular weight excluding hydrogens is 372 g/mol. The van der Waals surface area contributed by atoms with Crippen molar-refractivity contribution in [3.05, 3.63) is 22.2 Å². The number of benzene rings is 1. The third-order valence-electron chi connectivity index (χ3n) is 3.44. The van der Waals surface area contributed by atoms with Crippen LogP contribution in [0.15, 0.2) is 16.6 Å². The van der Waals surface area contributed by atoms with Crippen LogP contribution in [0, 0.1) is 5.92 Å². The first kappa shape index (κ1) is 19.1. The molecule has 0 radical (unpaired) electrons. The van der Waals surface area contributed by atoms with Crippen LogP contribution in [0.4, 0.5) is 0 Å². The number of amides is 1. The minimum atomic E-state index is -0.00247. The van der Waals surface area contributed by atoms with Gasteiger partial charge in [0.15, 0.2) is 11.5 Å². The number of hydrogen-bond acceptors (Lipinski definition) is 4. The van der Waals surface area contributed by atoms with Gasteiger partial charge in [0.2, 0.25) is 5.91 Å². The van der Waals surface area contributed by atoms with Gasteiger partial charge in [-0.25, -0.2) is 0 Å². The zero-order valence-corrected chi connectivity index (χ0v) is 15.2. The molecular formula is C15H22BrClN2O3. The molecule has 1 amide bonds. The molecule has 0 saturated heterocycles. The summed E-state index contributed by atoms with van der Waals surface area (Å²) in [6.45, 7) is 1.75. The number of nitrogens with one attached hydrogen (secondary N) is 2. The SMILES string of the molecule is COc1cc(Br)c(CNC(=O)CNCC2CC2)cc1OC.Cl. The van der Waals surface area contributed by atoms with E-state index in [1.165, 1.54) is 12.8 Å².